The molecule has 0 aliphatic carbocycles. The first kappa shape index (κ1) is 22.3. The molecule has 33 heavy (non-hydrogen) atoms. The largest absolute Gasteiger partial charge is 0.488 e. The van der Waals surface area contributed by atoms with Crippen molar-refractivity contribution in [1.29, 1.82) is 0 Å². The lowest BCUT2D eigenvalue weighted by atomic mass is 10.1. The third-order valence-electron chi connectivity index (χ3n) is 4.94. The molecule has 166 valence electrons. The first-order chi connectivity index (χ1) is 16.1. The fraction of sp³-hybridized carbons (Fsp3) is 0.115. The van der Waals surface area contributed by atoms with Gasteiger partial charge in [-0.1, -0.05) is 36.4 Å². The van der Waals surface area contributed by atoms with E-state index in [1.807, 2.05) is 79.0 Å². The van der Waals surface area contributed by atoms with E-state index >= 15 is 0 Å². The third kappa shape index (κ3) is 6.08. The molecule has 6 nitrogen and oxygen atoms in total. The second kappa shape index (κ2) is 10.6. The molecule has 0 spiro atoms. The van der Waals surface area contributed by atoms with Crippen LogP contribution in [0.4, 0.5) is 0 Å². The lowest BCUT2D eigenvalue weighted by molar-refractivity contribution is 0.0728. The van der Waals surface area contributed by atoms with E-state index in [9.17, 15) is 4.79 Å². The van der Waals surface area contributed by atoms with Crippen LogP contribution in [0.25, 0.3) is 5.69 Å². The number of nitrogens with zero attached hydrogens (tertiary/aromatic N) is 4. The number of amides is 1. The van der Waals surface area contributed by atoms with Gasteiger partial charge in [-0.25, -0.2) is 4.68 Å². The monoisotopic (exact) mass is 458 g/mol. The Morgan fingerprint density at radius 1 is 0.970 bits per heavy atom. The van der Waals surface area contributed by atoms with Gasteiger partial charge in [0.15, 0.2) is 0 Å². The van der Waals surface area contributed by atoms with Crippen molar-refractivity contribution in [1.82, 2.24) is 19.7 Å². The minimum absolute atomic E-state index is 0.0774. The predicted octanol–water partition coefficient (Wildman–Crippen LogP) is 5.24. The van der Waals surface area contributed by atoms with E-state index in [2.05, 4.69) is 16.7 Å². The Morgan fingerprint density at radius 2 is 1.76 bits per heavy atom. The van der Waals surface area contributed by atoms with Crippen molar-refractivity contribution in [3.63, 3.8) is 0 Å². The molecule has 2 aromatic carbocycles. The van der Waals surface area contributed by atoms with E-state index in [1.165, 1.54) is 0 Å². The summed E-state index contributed by atoms with van der Waals surface area (Å²) in [5.41, 5.74) is 3.29. The van der Waals surface area contributed by atoms with Crippen LogP contribution in [0, 0.1) is 0 Å². The maximum Gasteiger partial charge on any atom is 0.254 e. The van der Waals surface area contributed by atoms with Gasteiger partial charge in [-0.05, 0) is 60.2 Å². The van der Waals surface area contributed by atoms with Crippen molar-refractivity contribution in [3.05, 3.63) is 120 Å². The van der Waals surface area contributed by atoms with Crippen LogP contribution in [0.5, 0.6) is 5.75 Å². The van der Waals surface area contributed by atoms with Crippen molar-refractivity contribution < 1.29 is 9.53 Å². The maximum absolute atomic E-state index is 13.4. The van der Waals surface area contributed by atoms with Gasteiger partial charge in [-0.3, -0.25) is 9.78 Å². The highest BCUT2D eigenvalue weighted by Crippen LogP contribution is 2.18. The Balaban J connectivity index is 1.53. The molecular weight excluding hydrogens is 436 g/mol. The summed E-state index contributed by atoms with van der Waals surface area (Å²) in [6.07, 6.45) is 5.31. The SMILES string of the molecule is C=C(Cl)COc1ccc(CN(Cc2ccccn2)C(=O)c2ccc(-n3cccn3)cc2)cc1. The first-order valence-electron chi connectivity index (χ1n) is 10.4. The van der Waals surface area contributed by atoms with Crippen molar-refractivity contribution in [2.75, 3.05) is 6.61 Å². The van der Waals surface area contributed by atoms with Gasteiger partial charge < -0.3 is 9.64 Å². The summed E-state index contributed by atoms with van der Waals surface area (Å²) in [6.45, 7) is 4.69. The molecule has 2 heterocycles. The molecule has 0 unspecified atom stereocenters. The fourth-order valence-electron chi connectivity index (χ4n) is 3.32. The summed E-state index contributed by atoms with van der Waals surface area (Å²) in [6, 6.07) is 22.5. The summed E-state index contributed by atoms with van der Waals surface area (Å²) in [4.78, 5) is 19.6. The van der Waals surface area contributed by atoms with Crippen LogP contribution in [0.2, 0.25) is 0 Å². The third-order valence-corrected chi connectivity index (χ3v) is 5.05. The molecule has 0 aliphatic rings. The molecular formula is C26H23ClN4O2. The number of rotatable bonds is 9. The highest BCUT2D eigenvalue weighted by molar-refractivity contribution is 6.29. The molecule has 2 aromatic heterocycles. The van der Waals surface area contributed by atoms with E-state index in [0.717, 1.165) is 16.9 Å². The Bertz CT molecular complexity index is 1190. The number of carbonyl (C=O) groups is 1. The molecule has 0 saturated heterocycles. The van der Waals surface area contributed by atoms with Crippen LogP contribution in [0.15, 0.2) is 103 Å². The van der Waals surface area contributed by atoms with Crippen LogP contribution in [0.1, 0.15) is 21.6 Å². The van der Waals surface area contributed by atoms with Crippen molar-refractivity contribution in [2.24, 2.45) is 0 Å². The van der Waals surface area contributed by atoms with E-state index in [0.29, 0.717) is 29.4 Å². The number of halogens is 1. The minimum atomic E-state index is -0.0774. The Labute approximate surface area is 197 Å². The van der Waals surface area contributed by atoms with Crippen LogP contribution in [0.3, 0.4) is 0 Å². The average molecular weight is 459 g/mol. The number of aromatic nitrogens is 3. The molecule has 4 aromatic rings. The van der Waals surface area contributed by atoms with Gasteiger partial charge >= 0.3 is 0 Å². The summed E-state index contributed by atoms with van der Waals surface area (Å²) in [7, 11) is 0. The lowest BCUT2D eigenvalue weighted by Gasteiger charge is -2.23. The Hall–Kier alpha value is -3.90. The quantitative estimate of drug-likeness (QED) is 0.344. The van der Waals surface area contributed by atoms with Crippen molar-refractivity contribution in [2.45, 2.75) is 13.1 Å². The number of pyridine rings is 1. The molecule has 4 rings (SSSR count). The van der Waals surface area contributed by atoms with Crippen LogP contribution >= 0.6 is 11.6 Å². The molecule has 0 atom stereocenters. The maximum atomic E-state index is 13.4. The predicted molar refractivity (Wildman–Crippen MR) is 128 cm³/mol. The number of hydrogen-bond donors (Lipinski definition) is 0. The van der Waals surface area contributed by atoms with Crippen molar-refractivity contribution >= 4 is 17.5 Å². The Kier molecular flexibility index (Phi) is 7.17. The second-order valence-electron chi connectivity index (χ2n) is 7.43. The molecule has 1 amide bonds. The molecule has 0 aliphatic heterocycles. The zero-order valence-electron chi connectivity index (χ0n) is 18.0. The molecule has 7 heteroatoms. The molecule has 0 N–H and O–H groups in total. The Morgan fingerprint density at radius 3 is 2.39 bits per heavy atom. The van der Waals surface area contributed by atoms with E-state index in [4.69, 9.17) is 16.3 Å². The van der Waals surface area contributed by atoms with Crippen LogP contribution in [-0.4, -0.2) is 32.2 Å². The van der Waals surface area contributed by atoms with Gasteiger partial charge in [-0.15, -0.1) is 0 Å². The molecule has 0 radical (unpaired) electrons. The summed E-state index contributed by atoms with van der Waals surface area (Å²) in [5.74, 6) is 0.615. The van der Waals surface area contributed by atoms with Crippen LogP contribution in [-0.2, 0) is 13.1 Å². The number of benzene rings is 2. The standard InChI is InChI=1S/C26H23ClN4O2/c1-20(27)19-33-25-12-6-21(7-13-25)17-30(18-23-5-2-3-14-28-23)26(32)22-8-10-24(11-9-22)31-16-4-15-29-31/h2-16H,1,17-19H2. The van der Waals surface area contributed by atoms with Gasteiger partial charge in [0, 0.05) is 35.7 Å². The van der Waals surface area contributed by atoms with Crippen LogP contribution < -0.4 is 4.74 Å². The topological polar surface area (TPSA) is 60.2 Å². The van der Waals surface area contributed by atoms with Gasteiger partial charge in [0.2, 0.25) is 0 Å². The van der Waals surface area contributed by atoms with Gasteiger partial charge in [0.05, 0.1) is 17.9 Å². The minimum Gasteiger partial charge on any atom is -0.488 e. The molecule has 0 fully saturated rings. The number of ether oxygens (including phenoxy) is 1. The van der Waals surface area contributed by atoms with Crippen molar-refractivity contribution in [3.8, 4) is 11.4 Å². The summed E-state index contributed by atoms with van der Waals surface area (Å²) >= 11 is 5.76. The normalized spacial score (nSPS) is 10.6. The lowest BCUT2D eigenvalue weighted by Crippen LogP contribution is -2.30. The number of carbonyl (C=O) groups excluding carboxylic acids is 1. The zero-order chi connectivity index (χ0) is 23.0. The average Bonchev–Trinajstić information content (AvgIpc) is 3.39. The van der Waals surface area contributed by atoms with E-state index < -0.39 is 0 Å². The first-order valence-corrected chi connectivity index (χ1v) is 10.8. The van der Waals surface area contributed by atoms with E-state index in [-0.39, 0.29) is 12.5 Å². The summed E-state index contributed by atoms with van der Waals surface area (Å²) in [5, 5.41) is 4.66. The highest BCUT2D eigenvalue weighted by Gasteiger charge is 2.18. The highest BCUT2D eigenvalue weighted by atomic mass is 35.5. The summed E-state index contributed by atoms with van der Waals surface area (Å²) < 4.78 is 7.31. The van der Waals surface area contributed by atoms with Gasteiger partial charge in [0.1, 0.15) is 12.4 Å². The molecule has 0 saturated carbocycles. The fourth-order valence-corrected chi connectivity index (χ4v) is 3.38. The smallest absolute Gasteiger partial charge is 0.254 e. The second-order valence-corrected chi connectivity index (χ2v) is 7.96. The zero-order valence-corrected chi connectivity index (χ0v) is 18.7. The van der Waals surface area contributed by atoms with E-state index in [1.54, 1.807) is 22.0 Å². The number of hydrogen-bond acceptors (Lipinski definition) is 4. The van der Waals surface area contributed by atoms with Gasteiger partial charge in [-0.2, -0.15) is 5.10 Å². The molecule has 0 bridgehead atoms. The van der Waals surface area contributed by atoms with Gasteiger partial charge in [0.25, 0.3) is 5.91 Å².